The molecule has 0 fully saturated rings. The second-order valence-electron chi connectivity index (χ2n) is 6.16. The van der Waals surface area contributed by atoms with Crippen LogP contribution in [0.25, 0.3) is 10.2 Å². The Hall–Kier alpha value is -1.87. The van der Waals surface area contributed by atoms with E-state index in [2.05, 4.69) is 10.6 Å². The Labute approximate surface area is 159 Å². The zero-order chi connectivity index (χ0) is 18.8. The standard InChI is InChI=1S/C17H22N4O3S2/c1-4-21-15(23)12-10-7-5-6-8-11(10)26-14(12)20-17(21)25-9(2)13(22)19-16(24)18-3/h9H,4-8H2,1-3H3,(H2,18,19,22,24)/t9-/m1/s1. The summed E-state index contributed by atoms with van der Waals surface area (Å²) in [5.41, 5.74) is 1.14. The van der Waals surface area contributed by atoms with Crippen LogP contribution in [0.2, 0.25) is 0 Å². The Kier molecular flexibility index (Phi) is 5.67. The third kappa shape index (κ3) is 3.50. The minimum absolute atomic E-state index is 0.0293. The van der Waals surface area contributed by atoms with Crippen molar-refractivity contribution in [1.82, 2.24) is 20.2 Å². The highest BCUT2D eigenvalue weighted by atomic mass is 32.2. The summed E-state index contributed by atoms with van der Waals surface area (Å²) in [5.74, 6) is -0.420. The number of thiophene rings is 1. The molecule has 1 atom stereocenters. The zero-order valence-corrected chi connectivity index (χ0v) is 16.7. The monoisotopic (exact) mass is 394 g/mol. The fourth-order valence-electron chi connectivity index (χ4n) is 3.08. The zero-order valence-electron chi connectivity index (χ0n) is 15.0. The van der Waals surface area contributed by atoms with Crippen molar-refractivity contribution in [3.05, 3.63) is 20.8 Å². The van der Waals surface area contributed by atoms with Crippen LogP contribution in [0.4, 0.5) is 4.79 Å². The number of carbonyl (C=O) groups excluding carboxylic acids is 2. The van der Waals surface area contributed by atoms with E-state index in [0.717, 1.165) is 41.5 Å². The van der Waals surface area contributed by atoms with Gasteiger partial charge in [-0.2, -0.15) is 0 Å². The Balaban J connectivity index is 1.97. The third-order valence-electron chi connectivity index (χ3n) is 4.47. The summed E-state index contributed by atoms with van der Waals surface area (Å²) in [7, 11) is 1.45. The van der Waals surface area contributed by atoms with Crippen molar-refractivity contribution in [1.29, 1.82) is 0 Å². The summed E-state index contributed by atoms with van der Waals surface area (Å²) >= 11 is 2.79. The molecule has 0 saturated carbocycles. The highest BCUT2D eigenvalue weighted by Crippen LogP contribution is 2.35. The van der Waals surface area contributed by atoms with Gasteiger partial charge in [0.2, 0.25) is 5.91 Å². The van der Waals surface area contributed by atoms with Crippen molar-refractivity contribution in [2.24, 2.45) is 0 Å². The van der Waals surface area contributed by atoms with E-state index in [-0.39, 0.29) is 5.56 Å². The number of nitrogens with zero attached hydrogens (tertiary/aromatic N) is 2. The number of urea groups is 1. The molecule has 3 rings (SSSR count). The van der Waals surface area contributed by atoms with Crippen LogP contribution in [0, 0.1) is 0 Å². The average Bonchev–Trinajstić information content (AvgIpc) is 3.00. The highest BCUT2D eigenvalue weighted by molar-refractivity contribution is 8.00. The lowest BCUT2D eigenvalue weighted by molar-refractivity contribution is -0.119. The van der Waals surface area contributed by atoms with E-state index in [4.69, 9.17) is 4.98 Å². The van der Waals surface area contributed by atoms with Crippen LogP contribution in [0.5, 0.6) is 0 Å². The summed E-state index contributed by atoms with van der Waals surface area (Å²) in [4.78, 5) is 43.2. The lowest BCUT2D eigenvalue weighted by atomic mass is 9.97. The predicted octanol–water partition coefficient (Wildman–Crippen LogP) is 2.29. The smallest absolute Gasteiger partial charge is 0.321 e. The summed E-state index contributed by atoms with van der Waals surface area (Å²) in [6.45, 7) is 4.07. The van der Waals surface area contributed by atoms with Crippen molar-refractivity contribution < 1.29 is 9.59 Å². The van der Waals surface area contributed by atoms with Crippen LogP contribution in [0.3, 0.4) is 0 Å². The molecule has 26 heavy (non-hydrogen) atoms. The van der Waals surface area contributed by atoms with Crippen LogP contribution in [-0.2, 0) is 24.2 Å². The molecule has 3 amide bonds. The molecule has 0 saturated heterocycles. The first-order chi connectivity index (χ1) is 12.5. The number of fused-ring (bicyclic) bond motifs is 3. The van der Waals surface area contributed by atoms with Crippen LogP contribution >= 0.6 is 23.1 Å². The van der Waals surface area contributed by atoms with Crippen molar-refractivity contribution in [2.75, 3.05) is 7.05 Å². The number of rotatable bonds is 4. The molecule has 2 aromatic heterocycles. The second kappa shape index (κ2) is 7.79. The first kappa shape index (κ1) is 18.9. The molecule has 1 aliphatic carbocycles. The van der Waals surface area contributed by atoms with Gasteiger partial charge in [0.05, 0.1) is 10.6 Å². The predicted molar refractivity (Wildman–Crippen MR) is 104 cm³/mol. The molecule has 2 heterocycles. The lowest BCUT2D eigenvalue weighted by Crippen LogP contribution is -2.41. The maximum Gasteiger partial charge on any atom is 0.321 e. The number of imide groups is 1. The van der Waals surface area contributed by atoms with Crippen LogP contribution < -0.4 is 16.2 Å². The number of hydrogen-bond acceptors (Lipinski definition) is 6. The van der Waals surface area contributed by atoms with E-state index >= 15 is 0 Å². The van der Waals surface area contributed by atoms with Crippen molar-refractivity contribution in [3.63, 3.8) is 0 Å². The van der Waals surface area contributed by atoms with Gasteiger partial charge in [0, 0.05) is 18.5 Å². The number of thioether (sulfide) groups is 1. The molecule has 140 valence electrons. The van der Waals surface area contributed by atoms with Gasteiger partial charge < -0.3 is 5.32 Å². The molecule has 0 unspecified atom stereocenters. The van der Waals surface area contributed by atoms with Gasteiger partial charge in [-0.25, -0.2) is 9.78 Å². The van der Waals surface area contributed by atoms with Crippen LogP contribution in [-0.4, -0.2) is 33.8 Å². The lowest BCUT2D eigenvalue weighted by Gasteiger charge is -2.14. The van der Waals surface area contributed by atoms with Gasteiger partial charge in [-0.1, -0.05) is 11.8 Å². The second-order valence-corrected chi connectivity index (χ2v) is 8.55. The number of aromatic nitrogens is 2. The Morgan fingerprint density at radius 2 is 2.08 bits per heavy atom. The van der Waals surface area contributed by atoms with Gasteiger partial charge in [0.1, 0.15) is 4.83 Å². The first-order valence-corrected chi connectivity index (χ1v) is 10.4. The van der Waals surface area contributed by atoms with E-state index in [0.29, 0.717) is 11.7 Å². The minimum Gasteiger partial charge on any atom is -0.341 e. The average molecular weight is 395 g/mol. The van der Waals surface area contributed by atoms with Crippen molar-refractivity contribution >= 4 is 45.3 Å². The highest BCUT2D eigenvalue weighted by Gasteiger charge is 2.24. The molecule has 9 heteroatoms. The van der Waals surface area contributed by atoms with Crippen LogP contribution in [0.1, 0.15) is 37.1 Å². The van der Waals surface area contributed by atoms with E-state index in [1.807, 2.05) is 6.92 Å². The third-order valence-corrected chi connectivity index (χ3v) is 6.75. The van der Waals surface area contributed by atoms with Gasteiger partial charge in [-0.05, 0) is 45.1 Å². The number of amides is 3. The van der Waals surface area contributed by atoms with Gasteiger partial charge in [-0.15, -0.1) is 11.3 Å². The summed E-state index contributed by atoms with van der Waals surface area (Å²) < 4.78 is 1.62. The van der Waals surface area contributed by atoms with E-state index in [1.54, 1.807) is 22.8 Å². The summed E-state index contributed by atoms with van der Waals surface area (Å²) in [5, 5.41) is 5.32. The van der Waals surface area contributed by atoms with E-state index in [1.165, 1.54) is 23.7 Å². The topological polar surface area (TPSA) is 93.1 Å². The number of nitrogens with one attached hydrogen (secondary N) is 2. The van der Waals surface area contributed by atoms with Gasteiger partial charge in [0.25, 0.3) is 5.56 Å². The fourth-order valence-corrected chi connectivity index (χ4v) is 5.35. The molecule has 2 aromatic rings. The van der Waals surface area contributed by atoms with Crippen molar-refractivity contribution in [3.8, 4) is 0 Å². The Morgan fingerprint density at radius 3 is 2.77 bits per heavy atom. The normalized spacial score (nSPS) is 14.7. The van der Waals surface area contributed by atoms with Gasteiger partial charge >= 0.3 is 6.03 Å². The maximum absolute atomic E-state index is 13.0. The largest absolute Gasteiger partial charge is 0.341 e. The molecular weight excluding hydrogens is 372 g/mol. The summed E-state index contributed by atoms with van der Waals surface area (Å²) in [6.07, 6.45) is 4.21. The SMILES string of the molecule is CCn1c(S[C@H](C)C(=O)NC(=O)NC)nc2sc3c(c2c1=O)CCCC3. The molecule has 0 bridgehead atoms. The fraction of sp³-hybridized carbons (Fsp3) is 0.529. The Bertz CT molecular complexity index is 919. The summed E-state index contributed by atoms with van der Waals surface area (Å²) in [6, 6.07) is -0.551. The molecule has 1 aliphatic rings. The molecule has 0 radical (unpaired) electrons. The van der Waals surface area contributed by atoms with E-state index in [9.17, 15) is 14.4 Å². The van der Waals surface area contributed by atoms with Gasteiger partial charge in [0.15, 0.2) is 5.16 Å². The number of aryl methyl sites for hydroxylation is 2. The number of carbonyl (C=O) groups is 2. The van der Waals surface area contributed by atoms with Gasteiger partial charge in [-0.3, -0.25) is 19.5 Å². The van der Waals surface area contributed by atoms with E-state index < -0.39 is 17.2 Å². The quantitative estimate of drug-likeness (QED) is 0.613. The molecule has 2 N–H and O–H groups in total. The minimum atomic E-state index is -0.552. The van der Waals surface area contributed by atoms with Crippen molar-refractivity contribution in [2.45, 2.75) is 56.5 Å². The molecule has 0 spiro atoms. The molecule has 0 aliphatic heterocycles. The van der Waals surface area contributed by atoms with Crippen LogP contribution in [0.15, 0.2) is 9.95 Å². The molecule has 7 nitrogen and oxygen atoms in total. The maximum atomic E-state index is 13.0. The number of hydrogen-bond donors (Lipinski definition) is 2. The first-order valence-electron chi connectivity index (χ1n) is 8.70. The Morgan fingerprint density at radius 1 is 1.35 bits per heavy atom. The molecular formula is C17H22N4O3S2. The molecule has 0 aromatic carbocycles.